The molecular formula is C21H27N3O. The van der Waals surface area contributed by atoms with Crippen LogP contribution in [0.25, 0.3) is 21.9 Å². The Hall–Kier alpha value is -1.91. The highest BCUT2D eigenvalue weighted by molar-refractivity contribution is 6.03. The maximum absolute atomic E-state index is 5.97. The van der Waals surface area contributed by atoms with E-state index in [1.807, 2.05) is 6.07 Å². The van der Waals surface area contributed by atoms with Crippen molar-refractivity contribution in [3.8, 4) is 0 Å². The van der Waals surface area contributed by atoms with Crippen LogP contribution in [-0.2, 0) is 6.42 Å². The molecule has 25 heavy (non-hydrogen) atoms. The Morgan fingerprint density at radius 1 is 0.960 bits per heavy atom. The van der Waals surface area contributed by atoms with Gasteiger partial charge in [0.05, 0.1) is 0 Å². The van der Waals surface area contributed by atoms with E-state index in [-0.39, 0.29) is 0 Å². The summed E-state index contributed by atoms with van der Waals surface area (Å²) in [6.07, 6.45) is 3.28. The number of nitrogens with zero attached hydrogens (tertiary/aromatic N) is 3. The van der Waals surface area contributed by atoms with Gasteiger partial charge in [-0.2, -0.15) is 0 Å². The molecule has 4 rings (SSSR count). The van der Waals surface area contributed by atoms with Crippen molar-refractivity contribution in [2.75, 3.05) is 39.3 Å². The molecule has 0 aliphatic carbocycles. The number of hydrogen-bond acceptors (Lipinski definition) is 4. The first-order valence-corrected chi connectivity index (χ1v) is 9.55. The molecule has 0 saturated carbocycles. The van der Waals surface area contributed by atoms with Crippen molar-refractivity contribution in [1.82, 2.24) is 14.8 Å². The van der Waals surface area contributed by atoms with Crippen molar-refractivity contribution in [2.45, 2.75) is 26.2 Å². The summed E-state index contributed by atoms with van der Waals surface area (Å²) in [7, 11) is 0. The first-order chi connectivity index (χ1) is 12.3. The van der Waals surface area contributed by atoms with Crippen LogP contribution < -0.4 is 0 Å². The molecule has 0 spiro atoms. The van der Waals surface area contributed by atoms with E-state index in [0.29, 0.717) is 0 Å². The normalized spacial score (nSPS) is 16.8. The largest absolute Gasteiger partial charge is 0.441 e. The third kappa shape index (κ3) is 3.70. The van der Waals surface area contributed by atoms with E-state index >= 15 is 0 Å². The minimum absolute atomic E-state index is 0.877. The summed E-state index contributed by atoms with van der Waals surface area (Å²) in [6.45, 7) is 9.48. The Balaban J connectivity index is 1.32. The number of aryl methyl sites for hydroxylation is 1. The molecule has 1 aliphatic rings. The summed E-state index contributed by atoms with van der Waals surface area (Å²) in [5.41, 5.74) is 1.91. The number of hydrogen-bond donors (Lipinski definition) is 0. The molecule has 132 valence electrons. The van der Waals surface area contributed by atoms with Crippen molar-refractivity contribution in [3.05, 3.63) is 42.3 Å². The summed E-state index contributed by atoms with van der Waals surface area (Å²) in [4.78, 5) is 9.88. The molecule has 3 aromatic rings. The number of benzene rings is 2. The lowest BCUT2D eigenvalue weighted by atomic mass is 10.1. The zero-order valence-corrected chi connectivity index (χ0v) is 15.1. The smallest absolute Gasteiger partial charge is 0.195 e. The van der Waals surface area contributed by atoms with Crippen LogP contribution in [0, 0.1) is 0 Å². The Morgan fingerprint density at radius 2 is 1.76 bits per heavy atom. The van der Waals surface area contributed by atoms with Crippen molar-refractivity contribution >= 4 is 21.9 Å². The summed E-state index contributed by atoms with van der Waals surface area (Å²) in [5.74, 6) is 0.877. The molecule has 1 saturated heterocycles. The van der Waals surface area contributed by atoms with Gasteiger partial charge in [0.15, 0.2) is 11.5 Å². The van der Waals surface area contributed by atoms with Gasteiger partial charge in [-0.15, -0.1) is 0 Å². The van der Waals surface area contributed by atoms with Crippen LogP contribution in [0.15, 0.2) is 40.8 Å². The summed E-state index contributed by atoms with van der Waals surface area (Å²) >= 11 is 0. The lowest BCUT2D eigenvalue weighted by molar-refractivity contribution is 0.135. The van der Waals surface area contributed by atoms with Crippen molar-refractivity contribution in [1.29, 1.82) is 0 Å². The highest BCUT2D eigenvalue weighted by Crippen LogP contribution is 2.25. The molecule has 0 bridgehead atoms. The van der Waals surface area contributed by atoms with Crippen LogP contribution in [0.5, 0.6) is 0 Å². The van der Waals surface area contributed by atoms with Gasteiger partial charge in [0.25, 0.3) is 0 Å². The summed E-state index contributed by atoms with van der Waals surface area (Å²) in [6, 6.07) is 12.5. The molecule has 0 atom stereocenters. The van der Waals surface area contributed by atoms with Gasteiger partial charge in [-0.1, -0.05) is 37.3 Å². The van der Waals surface area contributed by atoms with E-state index in [1.165, 1.54) is 56.5 Å². The minimum atomic E-state index is 0.877. The number of rotatable bonds is 6. The predicted octanol–water partition coefficient (Wildman–Crippen LogP) is 3.94. The predicted molar refractivity (Wildman–Crippen MR) is 103 cm³/mol. The quantitative estimate of drug-likeness (QED) is 0.638. The second-order valence-electron chi connectivity index (χ2n) is 6.97. The van der Waals surface area contributed by atoms with Crippen LogP contribution in [0.3, 0.4) is 0 Å². The molecule has 4 nitrogen and oxygen atoms in total. The van der Waals surface area contributed by atoms with Gasteiger partial charge in [0.1, 0.15) is 5.52 Å². The number of aromatic nitrogens is 1. The summed E-state index contributed by atoms with van der Waals surface area (Å²) < 4.78 is 5.97. The summed E-state index contributed by atoms with van der Waals surface area (Å²) in [5, 5.41) is 2.41. The van der Waals surface area contributed by atoms with Crippen LogP contribution in [0.4, 0.5) is 0 Å². The zero-order valence-electron chi connectivity index (χ0n) is 15.1. The average molecular weight is 337 g/mol. The number of piperazine rings is 1. The molecule has 1 aromatic heterocycles. The fraction of sp³-hybridized carbons (Fsp3) is 0.476. The molecule has 0 radical (unpaired) electrons. The van der Waals surface area contributed by atoms with Gasteiger partial charge >= 0.3 is 0 Å². The van der Waals surface area contributed by atoms with Gasteiger partial charge in [0.2, 0.25) is 0 Å². The van der Waals surface area contributed by atoms with Crippen molar-refractivity contribution in [2.24, 2.45) is 0 Å². The van der Waals surface area contributed by atoms with Crippen LogP contribution in [0.1, 0.15) is 25.7 Å². The molecule has 2 heterocycles. The number of fused-ring (bicyclic) bond motifs is 3. The second-order valence-corrected chi connectivity index (χ2v) is 6.97. The van der Waals surface area contributed by atoms with E-state index in [4.69, 9.17) is 9.40 Å². The van der Waals surface area contributed by atoms with Gasteiger partial charge in [-0.25, -0.2) is 4.98 Å². The third-order valence-corrected chi connectivity index (χ3v) is 5.35. The van der Waals surface area contributed by atoms with E-state index in [0.717, 1.165) is 29.8 Å². The fourth-order valence-electron chi connectivity index (χ4n) is 3.75. The second kappa shape index (κ2) is 7.54. The molecule has 0 N–H and O–H groups in total. The number of unbranched alkanes of at least 4 members (excludes halogenated alkanes) is 1. The van der Waals surface area contributed by atoms with Gasteiger partial charge in [-0.05, 0) is 37.4 Å². The maximum Gasteiger partial charge on any atom is 0.195 e. The Bertz CT molecular complexity index is 833. The Labute approximate surface area is 149 Å². The zero-order chi connectivity index (χ0) is 17.1. The molecule has 4 heteroatoms. The number of likely N-dealkylation sites (N-methyl/N-ethyl adjacent to an activating group) is 1. The first kappa shape index (κ1) is 16.6. The molecule has 2 aromatic carbocycles. The minimum Gasteiger partial charge on any atom is -0.441 e. The van der Waals surface area contributed by atoms with Crippen molar-refractivity contribution in [3.63, 3.8) is 0 Å². The highest BCUT2D eigenvalue weighted by atomic mass is 16.3. The average Bonchev–Trinajstić information content (AvgIpc) is 3.09. The standard InChI is InChI=1S/C21H27N3O/c1-2-23-13-15-24(16-14-23)12-6-5-9-20-22-21-18-8-4-3-7-17(18)10-11-19(21)25-20/h3-4,7-8,10-11H,2,5-6,9,12-16H2,1H3. The molecule has 1 aliphatic heterocycles. The third-order valence-electron chi connectivity index (χ3n) is 5.35. The van der Waals surface area contributed by atoms with Gasteiger partial charge in [-0.3, -0.25) is 0 Å². The molecule has 0 amide bonds. The molecular weight excluding hydrogens is 310 g/mol. The number of oxazole rings is 1. The van der Waals surface area contributed by atoms with Crippen molar-refractivity contribution < 1.29 is 4.42 Å². The maximum atomic E-state index is 5.97. The van der Waals surface area contributed by atoms with Crippen LogP contribution >= 0.6 is 0 Å². The van der Waals surface area contributed by atoms with Gasteiger partial charge < -0.3 is 14.2 Å². The van der Waals surface area contributed by atoms with Crippen LogP contribution in [-0.4, -0.2) is 54.1 Å². The highest BCUT2D eigenvalue weighted by Gasteiger charge is 2.15. The molecule has 1 fully saturated rings. The van der Waals surface area contributed by atoms with E-state index in [9.17, 15) is 0 Å². The topological polar surface area (TPSA) is 32.5 Å². The Kier molecular flexibility index (Phi) is 4.99. The van der Waals surface area contributed by atoms with Crippen LogP contribution in [0.2, 0.25) is 0 Å². The van der Waals surface area contributed by atoms with E-state index in [1.54, 1.807) is 0 Å². The fourth-order valence-corrected chi connectivity index (χ4v) is 3.75. The monoisotopic (exact) mass is 337 g/mol. The first-order valence-electron chi connectivity index (χ1n) is 9.55. The lowest BCUT2D eigenvalue weighted by Gasteiger charge is -2.33. The van der Waals surface area contributed by atoms with E-state index < -0.39 is 0 Å². The van der Waals surface area contributed by atoms with Gasteiger partial charge in [0, 0.05) is 38.0 Å². The SMILES string of the molecule is CCN1CCN(CCCCc2nc3c(ccc4ccccc43)o2)CC1. The van der Waals surface area contributed by atoms with E-state index in [2.05, 4.69) is 47.1 Å². The lowest BCUT2D eigenvalue weighted by Crippen LogP contribution is -2.46. The molecule has 0 unspecified atom stereocenters. The Morgan fingerprint density at radius 3 is 2.60 bits per heavy atom.